The van der Waals surface area contributed by atoms with E-state index in [1.54, 1.807) is 12.5 Å². The molecule has 0 radical (unpaired) electrons. The first-order chi connectivity index (χ1) is 12.2. The summed E-state index contributed by atoms with van der Waals surface area (Å²) in [6.45, 7) is 0.677. The van der Waals surface area contributed by atoms with Crippen LogP contribution in [0.25, 0.3) is 22.6 Å². The molecule has 2 N–H and O–H groups in total. The molecule has 1 aromatic carbocycles. The highest BCUT2D eigenvalue weighted by Gasteiger charge is 2.11. The standard InChI is InChI=1S/C19H19N5O/c1-24(2)14-6-3-5-13(11-14)12-21-19-17-15(8-9-20-19)22-18(23-17)16-7-4-10-25-16/h3-11H,12H2,1-2H3,(H,20,21)(H,22,23). The van der Waals surface area contributed by atoms with Crippen LogP contribution in [0.2, 0.25) is 0 Å². The second kappa shape index (κ2) is 6.32. The third-order valence-electron chi connectivity index (χ3n) is 4.04. The summed E-state index contributed by atoms with van der Waals surface area (Å²) < 4.78 is 5.41. The number of hydrogen-bond donors (Lipinski definition) is 2. The number of H-pyrrole nitrogens is 1. The maximum absolute atomic E-state index is 5.41. The van der Waals surface area contributed by atoms with Crippen molar-refractivity contribution in [3.05, 3.63) is 60.5 Å². The van der Waals surface area contributed by atoms with Gasteiger partial charge in [-0.1, -0.05) is 12.1 Å². The molecule has 25 heavy (non-hydrogen) atoms. The van der Waals surface area contributed by atoms with E-state index < -0.39 is 0 Å². The Morgan fingerprint density at radius 1 is 1.16 bits per heavy atom. The Bertz CT molecular complexity index is 988. The number of aromatic nitrogens is 3. The Morgan fingerprint density at radius 3 is 2.88 bits per heavy atom. The monoisotopic (exact) mass is 333 g/mol. The van der Waals surface area contributed by atoms with Crippen LogP contribution in [0, 0.1) is 0 Å². The number of nitrogens with one attached hydrogen (secondary N) is 2. The Hall–Kier alpha value is -3.28. The van der Waals surface area contributed by atoms with Crippen molar-refractivity contribution >= 4 is 22.5 Å². The zero-order chi connectivity index (χ0) is 17.2. The molecule has 0 saturated carbocycles. The molecule has 126 valence electrons. The summed E-state index contributed by atoms with van der Waals surface area (Å²) in [7, 11) is 4.07. The molecular formula is C19H19N5O. The van der Waals surface area contributed by atoms with Crippen molar-refractivity contribution in [2.24, 2.45) is 0 Å². The molecule has 4 rings (SSSR count). The minimum atomic E-state index is 0.677. The highest BCUT2D eigenvalue weighted by atomic mass is 16.3. The van der Waals surface area contributed by atoms with E-state index in [9.17, 15) is 0 Å². The summed E-state index contributed by atoms with van der Waals surface area (Å²) in [5, 5.41) is 3.39. The molecule has 4 aromatic rings. The molecule has 0 spiro atoms. The number of rotatable bonds is 5. The molecule has 0 atom stereocenters. The maximum atomic E-state index is 5.41. The van der Waals surface area contributed by atoms with Gasteiger partial charge in [-0.25, -0.2) is 9.97 Å². The fourth-order valence-electron chi connectivity index (χ4n) is 2.73. The van der Waals surface area contributed by atoms with Crippen molar-refractivity contribution < 1.29 is 4.42 Å². The van der Waals surface area contributed by atoms with Crippen molar-refractivity contribution in [3.8, 4) is 11.6 Å². The van der Waals surface area contributed by atoms with Crippen molar-refractivity contribution in [2.75, 3.05) is 24.3 Å². The lowest BCUT2D eigenvalue weighted by Gasteiger charge is -2.14. The molecule has 0 aliphatic heterocycles. The summed E-state index contributed by atoms with van der Waals surface area (Å²) >= 11 is 0. The number of benzene rings is 1. The van der Waals surface area contributed by atoms with Gasteiger partial charge in [0.1, 0.15) is 5.52 Å². The lowest BCUT2D eigenvalue weighted by molar-refractivity contribution is 0.578. The third-order valence-corrected chi connectivity index (χ3v) is 4.04. The first-order valence-corrected chi connectivity index (χ1v) is 8.09. The van der Waals surface area contributed by atoms with E-state index in [1.807, 2.05) is 32.3 Å². The summed E-state index contributed by atoms with van der Waals surface area (Å²) in [6.07, 6.45) is 3.41. The largest absolute Gasteiger partial charge is 0.461 e. The van der Waals surface area contributed by atoms with E-state index in [0.29, 0.717) is 18.1 Å². The maximum Gasteiger partial charge on any atom is 0.174 e. The van der Waals surface area contributed by atoms with Crippen LogP contribution in [0.1, 0.15) is 5.56 Å². The first kappa shape index (κ1) is 15.3. The predicted molar refractivity (Wildman–Crippen MR) is 99.7 cm³/mol. The van der Waals surface area contributed by atoms with Crippen molar-refractivity contribution in [2.45, 2.75) is 6.54 Å². The number of anilines is 2. The van der Waals surface area contributed by atoms with E-state index >= 15 is 0 Å². The second-order valence-electron chi connectivity index (χ2n) is 6.04. The van der Waals surface area contributed by atoms with Crippen molar-refractivity contribution in [1.82, 2.24) is 15.0 Å². The smallest absolute Gasteiger partial charge is 0.174 e. The molecule has 6 heteroatoms. The quantitative estimate of drug-likeness (QED) is 0.580. The lowest BCUT2D eigenvalue weighted by Crippen LogP contribution is -2.09. The molecule has 3 aromatic heterocycles. The van der Waals surface area contributed by atoms with E-state index in [-0.39, 0.29) is 0 Å². The molecule has 0 amide bonds. The fraction of sp³-hybridized carbons (Fsp3) is 0.158. The zero-order valence-electron chi connectivity index (χ0n) is 14.2. The van der Waals surface area contributed by atoms with Crippen LogP contribution in [-0.2, 0) is 6.54 Å². The summed E-state index contributed by atoms with van der Waals surface area (Å²) in [4.78, 5) is 14.4. The van der Waals surface area contributed by atoms with Gasteiger partial charge in [0, 0.05) is 32.5 Å². The van der Waals surface area contributed by atoms with Gasteiger partial charge in [0.25, 0.3) is 0 Å². The molecule has 0 aliphatic rings. The molecule has 6 nitrogen and oxygen atoms in total. The van der Waals surface area contributed by atoms with E-state index in [1.165, 1.54) is 11.3 Å². The number of hydrogen-bond acceptors (Lipinski definition) is 5. The number of imidazole rings is 1. The average molecular weight is 333 g/mol. The summed E-state index contributed by atoms with van der Waals surface area (Å²) in [5.41, 5.74) is 4.08. The van der Waals surface area contributed by atoms with Crippen LogP contribution < -0.4 is 10.2 Å². The van der Waals surface area contributed by atoms with Gasteiger partial charge in [-0.2, -0.15) is 0 Å². The minimum absolute atomic E-state index is 0.677. The fourth-order valence-corrected chi connectivity index (χ4v) is 2.73. The van der Waals surface area contributed by atoms with Crippen molar-refractivity contribution in [3.63, 3.8) is 0 Å². The van der Waals surface area contributed by atoms with E-state index in [2.05, 4.69) is 49.4 Å². The Morgan fingerprint density at radius 2 is 2.08 bits per heavy atom. The number of fused-ring (bicyclic) bond motifs is 1. The molecule has 0 unspecified atom stereocenters. The normalized spacial score (nSPS) is 11.0. The SMILES string of the molecule is CN(C)c1cccc(CNc2nccc3[nH]c(-c4ccco4)nc23)c1. The van der Waals surface area contributed by atoms with Gasteiger partial charge in [-0.3, -0.25) is 0 Å². The number of pyridine rings is 1. The zero-order valence-corrected chi connectivity index (χ0v) is 14.2. The third kappa shape index (κ3) is 3.06. The van der Waals surface area contributed by atoms with E-state index in [0.717, 1.165) is 16.9 Å². The summed E-state index contributed by atoms with van der Waals surface area (Å²) in [5.74, 6) is 2.16. The molecule has 0 bridgehead atoms. The van der Waals surface area contributed by atoms with E-state index in [4.69, 9.17) is 4.42 Å². The predicted octanol–water partition coefficient (Wildman–Crippen LogP) is 3.90. The van der Waals surface area contributed by atoms with Crippen LogP contribution >= 0.6 is 0 Å². The summed E-state index contributed by atoms with van der Waals surface area (Å²) in [6, 6.07) is 14.0. The van der Waals surface area contributed by atoms with Gasteiger partial charge in [0.05, 0.1) is 11.8 Å². The van der Waals surface area contributed by atoms with Crippen LogP contribution in [0.5, 0.6) is 0 Å². The second-order valence-corrected chi connectivity index (χ2v) is 6.04. The van der Waals surface area contributed by atoms with Gasteiger partial charge in [-0.05, 0) is 35.9 Å². The molecule has 0 aliphatic carbocycles. The van der Waals surface area contributed by atoms with Gasteiger partial charge < -0.3 is 19.6 Å². The van der Waals surface area contributed by atoms with Crippen LogP contribution in [0.15, 0.2) is 59.3 Å². The van der Waals surface area contributed by atoms with Crippen molar-refractivity contribution in [1.29, 1.82) is 0 Å². The van der Waals surface area contributed by atoms with Crippen LogP contribution in [-0.4, -0.2) is 29.0 Å². The van der Waals surface area contributed by atoms with Gasteiger partial charge in [-0.15, -0.1) is 0 Å². The number of furan rings is 1. The minimum Gasteiger partial charge on any atom is -0.461 e. The van der Waals surface area contributed by atoms with Gasteiger partial charge >= 0.3 is 0 Å². The molecule has 3 heterocycles. The first-order valence-electron chi connectivity index (χ1n) is 8.09. The van der Waals surface area contributed by atoms with Gasteiger partial charge in [0.15, 0.2) is 17.4 Å². The topological polar surface area (TPSA) is 70.0 Å². The van der Waals surface area contributed by atoms with Crippen LogP contribution in [0.4, 0.5) is 11.5 Å². The van der Waals surface area contributed by atoms with Gasteiger partial charge in [0.2, 0.25) is 0 Å². The van der Waals surface area contributed by atoms with Crippen LogP contribution in [0.3, 0.4) is 0 Å². The Kier molecular flexibility index (Phi) is 3.85. The molecule has 0 fully saturated rings. The highest BCUT2D eigenvalue weighted by Crippen LogP contribution is 2.25. The Labute approximate surface area is 145 Å². The number of aromatic amines is 1. The molecular weight excluding hydrogens is 314 g/mol. The molecule has 0 saturated heterocycles. The average Bonchev–Trinajstić information content (AvgIpc) is 3.29. The highest BCUT2D eigenvalue weighted by molar-refractivity contribution is 5.87. The lowest BCUT2D eigenvalue weighted by atomic mass is 10.2. The Balaban J connectivity index is 1.60. The number of nitrogens with zero attached hydrogens (tertiary/aromatic N) is 3.